The van der Waals surface area contributed by atoms with Crippen LogP contribution in [0, 0.1) is 0 Å². The number of quaternary nitrogens is 1. The molecule has 9 nitrogen and oxygen atoms in total. The lowest BCUT2D eigenvalue weighted by Gasteiger charge is -2.24. The van der Waals surface area contributed by atoms with E-state index in [1.807, 2.05) is 21.1 Å². The summed E-state index contributed by atoms with van der Waals surface area (Å²) in [6.45, 7) is 4.32. The smallest absolute Gasteiger partial charge is 0.462 e. The van der Waals surface area contributed by atoms with Crippen molar-refractivity contribution >= 4 is 19.8 Å². The molecule has 10 heteroatoms. The molecule has 0 saturated carbocycles. The fourth-order valence-electron chi connectivity index (χ4n) is 5.48. The van der Waals surface area contributed by atoms with Crippen LogP contribution >= 0.6 is 7.82 Å². The second-order valence-electron chi connectivity index (χ2n) is 15.4. The first-order valence-corrected chi connectivity index (χ1v) is 22.9. The van der Waals surface area contributed by atoms with Gasteiger partial charge in [-0.05, 0) is 51.4 Å². The van der Waals surface area contributed by atoms with Crippen molar-refractivity contribution in [1.82, 2.24) is 0 Å². The first kappa shape index (κ1) is 52.0. The minimum atomic E-state index is -4.38. The van der Waals surface area contributed by atoms with Crippen LogP contribution in [-0.2, 0) is 32.7 Å². The van der Waals surface area contributed by atoms with Gasteiger partial charge in [0.2, 0.25) is 0 Å². The van der Waals surface area contributed by atoms with Gasteiger partial charge < -0.3 is 18.9 Å². The maximum atomic E-state index is 12.7. The Hall–Kier alpha value is -2.03. The van der Waals surface area contributed by atoms with Crippen LogP contribution in [-0.4, -0.2) is 74.9 Å². The van der Waals surface area contributed by atoms with Crippen molar-refractivity contribution in [1.29, 1.82) is 0 Å². The van der Waals surface area contributed by atoms with Gasteiger partial charge in [0.05, 0.1) is 27.7 Å². The number of hydrogen-bond acceptors (Lipinski definition) is 7. The Kier molecular flexibility index (Phi) is 35.2. The van der Waals surface area contributed by atoms with E-state index in [1.54, 1.807) is 0 Å². The maximum absolute atomic E-state index is 12.7. The molecule has 0 aromatic rings. The van der Waals surface area contributed by atoms with Gasteiger partial charge in [0.25, 0.3) is 0 Å². The summed E-state index contributed by atoms with van der Waals surface area (Å²) in [6, 6.07) is 0. The Morgan fingerprint density at radius 2 is 1.02 bits per heavy atom. The number of rotatable bonds is 38. The Morgan fingerprint density at radius 1 is 0.574 bits per heavy atom. The number of carbonyl (C=O) groups is 2. The summed E-state index contributed by atoms with van der Waals surface area (Å²) in [5.74, 6) is -0.864. The number of ether oxygens (including phenoxy) is 2. The average molecular weight is 783 g/mol. The lowest BCUT2D eigenvalue weighted by atomic mass is 10.0. The van der Waals surface area contributed by atoms with E-state index in [0.29, 0.717) is 23.9 Å². The van der Waals surface area contributed by atoms with Gasteiger partial charge in [0, 0.05) is 12.8 Å². The van der Waals surface area contributed by atoms with E-state index in [9.17, 15) is 19.0 Å². The monoisotopic (exact) mass is 783 g/mol. The van der Waals surface area contributed by atoms with Crippen molar-refractivity contribution in [2.75, 3.05) is 47.5 Å². The van der Waals surface area contributed by atoms with Crippen LogP contribution in [0.25, 0.3) is 0 Å². The molecule has 54 heavy (non-hydrogen) atoms. The van der Waals surface area contributed by atoms with Crippen LogP contribution in [0.4, 0.5) is 0 Å². The van der Waals surface area contributed by atoms with Crippen molar-refractivity contribution in [3.63, 3.8) is 0 Å². The molecule has 0 amide bonds. The Balaban J connectivity index is 4.47. The molecule has 0 radical (unpaired) electrons. The molecular formula is C44H81NO8P+. The van der Waals surface area contributed by atoms with E-state index >= 15 is 0 Å². The molecular weight excluding hydrogens is 701 g/mol. The fraction of sp³-hybridized carbons (Fsp3) is 0.773. The van der Waals surface area contributed by atoms with Gasteiger partial charge in [0.15, 0.2) is 6.10 Å². The molecule has 0 fully saturated rings. The van der Waals surface area contributed by atoms with E-state index in [-0.39, 0.29) is 26.1 Å². The second kappa shape index (κ2) is 36.6. The second-order valence-corrected chi connectivity index (χ2v) is 16.8. The minimum Gasteiger partial charge on any atom is -0.462 e. The van der Waals surface area contributed by atoms with E-state index in [1.165, 1.54) is 89.9 Å². The SMILES string of the molecule is CCCCC/C=C\C/C=C\C/C=C\C/C=C\CCCC(=O)OCC(COP(=O)(O)OCC[N+](C)(C)C)OC(=O)CCCCCCCCCCCCCCC. The zero-order chi connectivity index (χ0) is 40.0. The third-order valence-corrected chi connectivity index (χ3v) is 9.85. The topological polar surface area (TPSA) is 108 Å². The molecule has 0 aliphatic rings. The zero-order valence-corrected chi connectivity index (χ0v) is 36.1. The number of esters is 2. The molecule has 0 aliphatic carbocycles. The van der Waals surface area contributed by atoms with Crippen LogP contribution in [0.15, 0.2) is 48.6 Å². The van der Waals surface area contributed by atoms with Crippen molar-refractivity contribution in [3.8, 4) is 0 Å². The molecule has 0 bridgehead atoms. The Morgan fingerprint density at radius 3 is 1.54 bits per heavy atom. The lowest BCUT2D eigenvalue weighted by molar-refractivity contribution is -0.870. The van der Waals surface area contributed by atoms with Gasteiger partial charge in [-0.1, -0.05) is 152 Å². The Labute approximate surface area is 331 Å². The van der Waals surface area contributed by atoms with Gasteiger partial charge in [-0.3, -0.25) is 18.6 Å². The highest BCUT2D eigenvalue weighted by atomic mass is 31.2. The van der Waals surface area contributed by atoms with Gasteiger partial charge in [-0.15, -0.1) is 0 Å². The summed E-state index contributed by atoms with van der Waals surface area (Å²) in [7, 11) is 1.45. The van der Waals surface area contributed by atoms with Gasteiger partial charge in [-0.2, -0.15) is 0 Å². The van der Waals surface area contributed by atoms with Crippen molar-refractivity contribution in [2.45, 2.75) is 174 Å². The summed E-state index contributed by atoms with van der Waals surface area (Å²) in [4.78, 5) is 35.3. The highest BCUT2D eigenvalue weighted by molar-refractivity contribution is 7.47. The van der Waals surface area contributed by atoms with Crippen LogP contribution < -0.4 is 0 Å². The molecule has 2 atom stereocenters. The molecule has 0 rings (SSSR count). The quantitative estimate of drug-likeness (QED) is 0.0217. The van der Waals surface area contributed by atoms with E-state index < -0.39 is 32.5 Å². The molecule has 314 valence electrons. The summed E-state index contributed by atoms with van der Waals surface area (Å²) in [5, 5.41) is 0. The molecule has 0 spiro atoms. The summed E-state index contributed by atoms with van der Waals surface area (Å²) in [6.07, 6.45) is 41.6. The zero-order valence-electron chi connectivity index (χ0n) is 35.2. The highest BCUT2D eigenvalue weighted by Crippen LogP contribution is 2.43. The maximum Gasteiger partial charge on any atom is 0.472 e. The van der Waals surface area contributed by atoms with Crippen LogP contribution in [0.3, 0.4) is 0 Å². The predicted molar refractivity (Wildman–Crippen MR) is 224 cm³/mol. The van der Waals surface area contributed by atoms with E-state index in [0.717, 1.165) is 38.5 Å². The normalized spacial score (nSPS) is 14.1. The standard InChI is InChI=1S/C44H80NO8P/c1-6-8-10-12-14-16-18-20-21-22-23-25-26-28-30-32-34-36-43(46)50-40-42(41-52-54(48,49)51-39-38-45(3,4)5)53-44(47)37-35-33-31-29-27-24-19-17-15-13-11-9-7-2/h14,16,20-21,23,25,28,30,42H,6-13,15,17-19,22,24,26-27,29,31-41H2,1-5H3/p+1/b16-14-,21-20-,25-23-,30-28-. The van der Waals surface area contributed by atoms with Crippen LogP contribution in [0.5, 0.6) is 0 Å². The van der Waals surface area contributed by atoms with Crippen molar-refractivity contribution in [2.24, 2.45) is 0 Å². The number of carbonyl (C=O) groups excluding carboxylic acids is 2. The summed E-state index contributed by atoms with van der Waals surface area (Å²) < 4.78 is 34.2. The van der Waals surface area contributed by atoms with E-state index in [2.05, 4.69) is 62.5 Å². The number of nitrogens with zero attached hydrogens (tertiary/aromatic N) is 1. The van der Waals surface area contributed by atoms with Gasteiger partial charge in [0.1, 0.15) is 19.8 Å². The van der Waals surface area contributed by atoms with Crippen LogP contribution in [0.2, 0.25) is 0 Å². The van der Waals surface area contributed by atoms with Crippen LogP contribution in [0.1, 0.15) is 168 Å². The fourth-order valence-corrected chi connectivity index (χ4v) is 6.22. The molecule has 1 N–H and O–H groups in total. The number of phosphoric ester groups is 1. The summed E-state index contributed by atoms with van der Waals surface area (Å²) in [5.41, 5.74) is 0. The third kappa shape index (κ3) is 39.7. The van der Waals surface area contributed by atoms with Crippen molar-refractivity contribution in [3.05, 3.63) is 48.6 Å². The molecule has 0 heterocycles. The predicted octanol–water partition coefficient (Wildman–Crippen LogP) is 11.9. The molecule has 0 aliphatic heterocycles. The minimum absolute atomic E-state index is 0.0230. The first-order chi connectivity index (χ1) is 26.0. The largest absolute Gasteiger partial charge is 0.472 e. The number of hydrogen-bond donors (Lipinski definition) is 1. The molecule has 0 saturated heterocycles. The van der Waals surface area contributed by atoms with Crippen molar-refractivity contribution < 1.29 is 42.1 Å². The third-order valence-electron chi connectivity index (χ3n) is 8.86. The molecule has 0 aromatic heterocycles. The highest BCUT2D eigenvalue weighted by Gasteiger charge is 2.27. The first-order valence-electron chi connectivity index (χ1n) is 21.4. The summed E-state index contributed by atoms with van der Waals surface area (Å²) >= 11 is 0. The molecule has 0 aromatic carbocycles. The number of allylic oxidation sites excluding steroid dienone is 8. The molecule has 2 unspecified atom stereocenters. The number of unbranched alkanes of at least 4 members (excludes halogenated alkanes) is 16. The Bertz CT molecular complexity index is 1070. The number of phosphoric acid groups is 1. The average Bonchev–Trinajstić information content (AvgIpc) is 3.12. The van der Waals surface area contributed by atoms with Gasteiger partial charge >= 0.3 is 19.8 Å². The van der Waals surface area contributed by atoms with E-state index in [4.69, 9.17) is 18.5 Å². The number of likely N-dealkylation sites (N-methyl/N-ethyl adjacent to an activating group) is 1. The lowest BCUT2D eigenvalue weighted by Crippen LogP contribution is -2.37. The van der Waals surface area contributed by atoms with Gasteiger partial charge in [-0.25, -0.2) is 4.57 Å².